The first-order valence-corrected chi connectivity index (χ1v) is 10.5. The topological polar surface area (TPSA) is 102 Å². The molecule has 0 spiro atoms. The molecule has 4 rings (SSSR count). The Morgan fingerprint density at radius 2 is 1.75 bits per heavy atom. The standard InChI is InChI=1S/C23H27N5O4/c1-30-19-10-15(11-20(31-2)22(19)32-3)14-28-8-4-16(5-9-28)17-12-21(29)27-23(26-17)18-13-24-6-7-25-18/h6-7,10-13,16H,4-5,8-9,14H2,1-3H3,(H,26,27,29). The minimum Gasteiger partial charge on any atom is -0.493 e. The van der Waals surface area contributed by atoms with Crippen molar-refractivity contribution in [1.82, 2.24) is 24.8 Å². The molecule has 1 saturated heterocycles. The van der Waals surface area contributed by atoms with Crippen molar-refractivity contribution in [3.8, 4) is 28.8 Å². The Labute approximate surface area is 186 Å². The molecule has 3 aromatic rings. The number of methoxy groups -OCH3 is 3. The Morgan fingerprint density at radius 3 is 2.34 bits per heavy atom. The number of rotatable bonds is 7. The molecule has 1 fully saturated rings. The van der Waals surface area contributed by atoms with Gasteiger partial charge in [-0.15, -0.1) is 0 Å². The van der Waals surface area contributed by atoms with Gasteiger partial charge < -0.3 is 19.2 Å². The lowest BCUT2D eigenvalue weighted by Crippen LogP contribution is -2.33. The van der Waals surface area contributed by atoms with Crippen LogP contribution in [0.2, 0.25) is 0 Å². The highest BCUT2D eigenvalue weighted by atomic mass is 16.5. The van der Waals surface area contributed by atoms with Crippen molar-refractivity contribution in [2.24, 2.45) is 0 Å². The molecule has 1 aliphatic heterocycles. The third-order valence-corrected chi connectivity index (χ3v) is 5.70. The molecule has 32 heavy (non-hydrogen) atoms. The van der Waals surface area contributed by atoms with Crippen LogP contribution in [0, 0.1) is 0 Å². The summed E-state index contributed by atoms with van der Waals surface area (Å²) in [5.41, 5.74) is 2.29. The normalized spacial score (nSPS) is 14.8. The fraction of sp³-hybridized carbons (Fsp3) is 0.391. The van der Waals surface area contributed by atoms with Gasteiger partial charge in [-0.3, -0.25) is 14.7 Å². The molecule has 1 N–H and O–H groups in total. The van der Waals surface area contributed by atoms with Crippen LogP contribution in [0.4, 0.5) is 0 Å². The van der Waals surface area contributed by atoms with Crippen LogP contribution < -0.4 is 19.8 Å². The number of aromatic amines is 1. The number of benzene rings is 1. The number of likely N-dealkylation sites (tertiary alicyclic amines) is 1. The maximum absolute atomic E-state index is 12.2. The van der Waals surface area contributed by atoms with Gasteiger partial charge in [0.15, 0.2) is 17.3 Å². The maximum atomic E-state index is 12.2. The first-order chi connectivity index (χ1) is 15.6. The summed E-state index contributed by atoms with van der Waals surface area (Å²) in [5.74, 6) is 2.59. The summed E-state index contributed by atoms with van der Waals surface area (Å²) in [6.07, 6.45) is 6.61. The van der Waals surface area contributed by atoms with Crippen LogP contribution in [0.25, 0.3) is 11.5 Å². The minimum absolute atomic E-state index is 0.171. The molecule has 2 aromatic heterocycles. The molecule has 9 heteroatoms. The smallest absolute Gasteiger partial charge is 0.251 e. The van der Waals surface area contributed by atoms with Gasteiger partial charge in [0.1, 0.15) is 5.69 Å². The van der Waals surface area contributed by atoms with Crippen molar-refractivity contribution in [1.29, 1.82) is 0 Å². The maximum Gasteiger partial charge on any atom is 0.251 e. The van der Waals surface area contributed by atoms with Gasteiger partial charge in [-0.05, 0) is 43.6 Å². The van der Waals surface area contributed by atoms with Crippen molar-refractivity contribution in [3.05, 3.63) is 58.4 Å². The van der Waals surface area contributed by atoms with Crippen LogP contribution in [-0.4, -0.2) is 59.3 Å². The molecule has 0 bridgehead atoms. The van der Waals surface area contributed by atoms with Gasteiger partial charge in [-0.1, -0.05) is 0 Å². The second-order valence-corrected chi connectivity index (χ2v) is 7.69. The number of nitrogens with one attached hydrogen (secondary N) is 1. The molecule has 168 valence electrons. The molecule has 0 radical (unpaired) electrons. The second kappa shape index (κ2) is 9.78. The highest BCUT2D eigenvalue weighted by Crippen LogP contribution is 2.39. The van der Waals surface area contributed by atoms with Gasteiger partial charge in [0.2, 0.25) is 5.75 Å². The van der Waals surface area contributed by atoms with Gasteiger partial charge in [-0.25, -0.2) is 9.97 Å². The SMILES string of the molecule is COc1cc(CN2CCC(c3cc(=O)[nH]c(-c4cnccn4)n3)CC2)cc(OC)c1OC. The van der Waals surface area contributed by atoms with Gasteiger partial charge in [0.05, 0.1) is 33.2 Å². The van der Waals surface area contributed by atoms with Gasteiger partial charge in [0.25, 0.3) is 5.56 Å². The predicted octanol–water partition coefficient (Wildman–Crippen LogP) is 2.63. The average Bonchev–Trinajstić information content (AvgIpc) is 2.84. The van der Waals surface area contributed by atoms with Crippen molar-refractivity contribution in [3.63, 3.8) is 0 Å². The molecule has 3 heterocycles. The molecule has 0 amide bonds. The van der Waals surface area contributed by atoms with Crippen molar-refractivity contribution in [2.45, 2.75) is 25.3 Å². The van der Waals surface area contributed by atoms with E-state index in [0.29, 0.717) is 28.8 Å². The Balaban J connectivity index is 1.45. The summed E-state index contributed by atoms with van der Waals surface area (Å²) >= 11 is 0. The average molecular weight is 438 g/mol. The molecule has 9 nitrogen and oxygen atoms in total. The first kappa shape index (κ1) is 21.8. The summed E-state index contributed by atoms with van der Waals surface area (Å²) in [6.45, 7) is 2.57. The lowest BCUT2D eigenvalue weighted by atomic mass is 9.93. The van der Waals surface area contributed by atoms with Crippen LogP contribution in [0.1, 0.15) is 30.0 Å². The van der Waals surface area contributed by atoms with Crippen molar-refractivity contribution < 1.29 is 14.2 Å². The van der Waals surface area contributed by atoms with E-state index in [2.05, 4.69) is 24.8 Å². The van der Waals surface area contributed by atoms with E-state index in [0.717, 1.165) is 43.7 Å². The third-order valence-electron chi connectivity index (χ3n) is 5.70. The molecule has 0 unspecified atom stereocenters. The summed E-state index contributed by atoms with van der Waals surface area (Å²) in [6, 6.07) is 5.57. The van der Waals surface area contributed by atoms with Crippen LogP contribution in [0.15, 0.2) is 41.6 Å². The monoisotopic (exact) mass is 437 g/mol. The number of nitrogens with zero attached hydrogens (tertiary/aromatic N) is 4. The minimum atomic E-state index is -0.171. The summed E-state index contributed by atoms with van der Waals surface area (Å²) in [5, 5.41) is 0. The number of hydrogen-bond donors (Lipinski definition) is 1. The predicted molar refractivity (Wildman–Crippen MR) is 119 cm³/mol. The van der Waals surface area contributed by atoms with Crippen LogP contribution in [0.3, 0.4) is 0 Å². The molecule has 1 aromatic carbocycles. The first-order valence-electron chi connectivity index (χ1n) is 10.5. The number of ether oxygens (including phenoxy) is 3. The van der Waals surface area contributed by atoms with Gasteiger partial charge in [-0.2, -0.15) is 0 Å². The largest absolute Gasteiger partial charge is 0.493 e. The number of H-pyrrole nitrogens is 1. The Morgan fingerprint density at radius 1 is 1.03 bits per heavy atom. The second-order valence-electron chi connectivity index (χ2n) is 7.69. The Hall–Kier alpha value is -3.46. The van der Waals surface area contributed by atoms with E-state index in [9.17, 15) is 4.79 Å². The molecule has 0 atom stereocenters. The highest BCUT2D eigenvalue weighted by Gasteiger charge is 2.24. The zero-order valence-electron chi connectivity index (χ0n) is 18.5. The van der Waals surface area contributed by atoms with E-state index in [1.165, 1.54) is 0 Å². The fourth-order valence-corrected chi connectivity index (χ4v) is 4.10. The van der Waals surface area contributed by atoms with E-state index < -0.39 is 0 Å². The van der Waals surface area contributed by atoms with Crippen LogP contribution >= 0.6 is 0 Å². The third kappa shape index (κ3) is 4.72. The lowest BCUT2D eigenvalue weighted by molar-refractivity contribution is 0.202. The van der Waals surface area contributed by atoms with E-state index in [4.69, 9.17) is 14.2 Å². The summed E-state index contributed by atoms with van der Waals surface area (Å²) in [4.78, 5) is 30.3. The Bertz CT molecular complexity index is 1090. The molecule has 0 saturated carbocycles. The molecule has 0 aliphatic carbocycles. The fourth-order valence-electron chi connectivity index (χ4n) is 4.10. The number of aromatic nitrogens is 4. The number of hydrogen-bond acceptors (Lipinski definition) is 8. The summed E-state index contributed by atoms with van der Waals surface area (Å²) < 4.78 is 16.3. The van der Waals surface area contributed by atoms with Crippen LogP contribution in [0.5, 0.6) is 17.2 Å². The Kier molecular flexibility index (Phi) is 6.65. The lowest BCUT2D eigenvalue weighted by Gasteiger charge is -2.32. The van der Waals surface area contributed by atoms with Crippen molar-refractivity contribution in [2.75, 3.05) is 34.4 Å². The molecular formula is C23H27N5O4. The molecule has 1 aliphatic rings. The van der Waals surface area contributed by atoms with E-state index >= 15 is 0 Å². The van der Waals surface area contributed by atoms with Crippen molar-refractivity contribution >= 4 is 0 Å². The van der Waals surface area contributed by atoms with Gasteiger partial charge >= 0.3 is 0 Å². The summed E-state index contributed by atoms with van der Waals surface area (Å²) in [7, 11) is 4.84. The highest BCUT2D eigenvalue weighted by molar-refractivity contribution is 5.53. The van der Waals surface area contributed by atoms with Crippen LogP contribution in [-0.2, 0) is 6.54 Å². The number of piperidine rings is 1. The molecular weight excluding hydrogens is 410 g/mol. The van der Waals surface area contributed by atoms with E-state index in [1.54, 1.807) is 46.0 Å². The van der Waals surface area contributed by atoms with E-state index in [1.807, 2.05) is 12.1 Å². The quantitative estimate of drug-likeness (QED) is 0.602. The van der Waals surface area contributed by atoms with E-state index in [-0.39, 0.29) is 11.5 Å². The zero-order chi connectivity index (χ0) is 22.5. The zero-order valence-corrected chi connectivity index (χ0v) is 18.5. The van der Waals surface area contributed by atoms with Gasteiger partial charge in [0, 0.05) is 30.9 Å².